The summed E-state index contributed by atoms with van der Waals surface area (Å²) in [6, 6.07) is 5.93. The first-order valence-electron chi connectivity index (χ1n) is 6.09. The van der Waals surface area contributed by atoms with Gasteiger partial charge in [-0.3, -0.25) is 0 Å². The van der Waals surface area contributed by atoms with Gasteiger partial charge < -0.3 is 5.32 Å². The van der Waals surface area contributed by atoms with E-state index in [9.17, 15) is 0 Å². The van der Waals surface area contributed by atoms with Crippen LogP contribution in [0.15, 0.2) is 18.2 Å². The van der Waals surface area contributed by atoms with Crippen LogP contribution >= 0.6 is 23.2 Å². The van der Waals surface area contributed by atoms with Crippen molar-refractivity contribution in [1.29, 1.82) is 0 Å². The van der Waals surface area contributed by atoms with Gasteiger partial charge in [0.05, 0.1) is 10.0 Å². The van der Waals surface area contributed by atoms with E-state index in [4.69, 9.17) is 23.2 Å². The van der Waals surface area contributed by atoms with Crippen molar-refractivity contribution >= 4 is 23.2 Å². The number of hydrogen-bond acceptors (Lipinski definition) is 1. The fourth-order valence-corrected chi connectivity index (χ4v) is 2.73. The van der Waals surface area contributed by atoms with E-state index < -0.39 is 0 Å². The second-order valence-electron chi connectivity index (χ2n) is 5.02. The molecule has 1 unspecified atom stereocenters. The minimum absolute atomic E-state index is 0.278. The van der Waals surface area contributed by atoms with Gasteiger partial charge in [0.2, 0.25) is 0 Å². The van der Waals surface area contributed by atoms with E-state index in [-0.39, 0.29) is 5.41 Å². The topological polar surface area (TPSA) is 12.0 Å². The van der Waals surface area contributed by atoms with E-state index in [1.165, 1.54) is 18.4 Å². The number of hydrogen-bond donors (Lipinski definition) is 1. The lowest BCUT2D eigenvalue weighted by Crippen LogP contribution is -2.31. The first-order valence-corrected chi connectivity index (χ1v) is 6.85. The molecule has 1 rings (SSSR count). The van der Waals surface area contributed by atoms with Crippen molar-refractivity contribution in [3.8, 4) is 0 Å². The van der Waals surface area contributed by atoms with Crippen LogP contribution in [-0.4, -0.2) is 13.6 Å². The molecule has 1 aromatic carbocycles. The molecule has 0 saturated heterocycles. The predicted octanol–water partition coefficient (Wildman–Crippen LogP) is 4.56. The molecule has 1 nitrogen and oxygen atoms in total. The Labute approximate surface area is 115 Å². The predicted molar refractivity (Wildman–Crippen MR) is 77.1 cm³/mol. The maximum atomic E-state index is 6.05. The highest BCUT2D eigenvalue weighted by Gasteiger charge is 2.23. The fraction of sp³-hybridized carbons (Fsp3) is 0.571. The Morgan fingerprint density at radius 3 is 2.47 bits per heavy atom. The van der Waals surface area contributed by atoms with Gasteiger partial charge in [0.1, 0.15) is 0 Å². The highest BCUT2D eigenvalue weighted by atomic mass is 35.5. The molecule has 1 atom stereocenters. The summed E-state index contributed by atoms with van der Waals surface area (Å²) >= 11 is 12.0. The van der Waals surface area contributed by atoms with Crippen molar-refractivity contribution in [3.05, 3.63) is 33.8 Å². The SMILES string of the molecule is CCCC(C)(CNC)Cc1ccc(Cl)c(Cl)c1. The molecule has 1 aromatic rings. The van der Waals surface area contributed by atoms with Crippen molar-refractivity contribution in [2.24, 2.45) is 5.41 Å². The molecule has 0 aliphatic heterocycles. The Bertz CT molecular complexity index is 357. The number of halogens is 2. The summed E-state index contributed by atoms with van der Waals surface area (Å²) in [6.07, 6.45) is 3.42. The van der Waals surface area contributed by atoms with E-state index >= 15 is 0 Å². The van der Waals surface area contributed by atoms with Crippen LogP contribution in [0.1, 0.15) is 32.3 Å². The molecular weight excluding hydrogens is 253 g/mol. The zero-order valence-electron chi connectivity index (χ0n) is 10.8. The van der Waals surface area contributed by atoms with Crippen LogP contribution in [-0.2, 0) is 6.42 Å². The second-order valence-corrected chi connectivity index (χ2v) is 5.83. The van der Waals surface area contributed by atoms with Gasteiger partial charge in [0, 0.05) is 6.54 Å². The first kappa shape index (κ1) is 14.8. The van der Waals surface area contributed by atoms with E-state index in [1.807, 2.05) is 19.2 Å². The molecule has 0 fully saturated rings. The lowest BCUT2D eigenvalue weighted by Gasteiger charge is -2.29. The molecule has 0 aliphatic rings. The zero-order valence-corrected chi connectivity index (χ0v) is 12.3. The fourth-order valence-electron chi connectivity index (χ4n) is 2.41. The van der Waals surface area contributed by atoms with Gasteiger partial charge in [-0.25, -0.2) is 0 Å². The quantitative estimate of drug-likeness (QED) is 0.801. The molecule has 0 spiro atoms. The average molecular weight is 274 g/mol. The molecule has 0 bridgehead atoms. The molecule has 0 amide bonds. The van der Waals surface area contributed by atoms with Gasteiger partial charge in [-0.15, -0.1) is 0 Å². The van der Waals surface area contributed by atoms with Crippen molar-refractivity contribution in [1.82, 2.24) is 5.32 Å². The molecule has 0 aromatic heterocycles. The maximum absolute atomic E-state index is 6.05. The van der Waals surface area contributed by atoms with Crippen LogP contribution in [0, 0.1) is 5.41 Å². The van der Waals surface area contributed by atoms with Crippen molar-refractivity contribution < 1.29 is 0 Å². The molecule has 0 aliphatic carbocycles. The zero-order chi connectivity index (χ0) is 12.9. The first-order chi connectivity index (χ1) is 8.00. The third-order valence-corrected chi connectivity index (χ3v) is 3.81. The van der Waals surface area contributed by atoms with Gasteiger partial charge in [-0.1, -0.05) is 49.5 Å². The normalized spacial score (nSPS) is 14.6. The molecule has 3 heteroatoms. The van der Waals surface area contributed by atoms with Gasteiger partial charge in [0.25, 0.3) is 0 Å². The van der Waals surface area contributed by atoms with E-state index in [0.29, 0.717) is 10.0 Å². The largest absolute Gasteiger partial charge is 0.319 e. The summed E-state index contributed by atoms with van der Waals surface area (Å²) in [6.45, 7) is 5.55. The lowest BCUT2D eigenvalue weighted by atomic mass is 9.79. The Morgan fingerprint density at radius 2 is 1.94 bits per heavy atom. The van der Waals surface area contributed by atoms with Gasteiger partial charge >= 0.3 is 0 Å². The summed E-state index contributed by atoms with van der Waals surface area (Å²) in [7, 11) is 2.00. The number of nitrogens with one attached hydrogen (secondary N) is 1. The van der Waals surface area contributed by atoms with Gasteiger partial charge in [-0.05, 0) is 43.0 Å². The highest BCUT2D eigenvalue weighted by Crippen LogP contribution is 2.30. The van der Waals surface area contributed by atoms with E-state index in [2.05, 4.69) is 25.2 Å². The Morgan fingerprint density at radius 1 is 1.24 bits per heavy atom. The molecule has 1 N–H and O–H groups in total. The van der Waals surface area contributed by atoms with Crippen LogP contribution in [0.3, 0.4) is 0 Å². The van der Waals surface area contributed by atoms with Crippen molar-refractivity contribution in [2.45, 2.75) is 33.1 Å². The van der Waals surface area contributed by atoms with Gasteiger partial charge in [-0.2, -0.15) is 0 Å². The molecule has 96 valence electrons. The Hall–Kier alpha value is -0.240. The van der Waals surface area contributed by atoms with E-state index in [1.54, 1.807) is 0 Å². The molecule has 0 saturated carbocycles. The van der Waals surface area contributed by atoms with Gasteiger partial charge in [0.15, 0.2) is 0 Å². The summed E-state index contributed by atoms with van der Waals surface area (Å²) in [4.78, 5) is 0. The number of benzene rings is 1. The third kappa shape index (κ3) is 4.50. The molecule has 0 radical (unpaired) electrons. The van der Waals surface area contributed by atoms with Crippen LogP contribution < -0.4 is 5.32 Å². The Kier molecular flexibility index (Phi) is 5.78. The lowest BCUT2D eigenvalue weighted by molar-refractivity contribution is 0.283. The van der Waals surface area contributed by atoms with Crippen LogP contribution in [0.4, 0.5) is 0 Å². The summed E-state index contributed by atoms with van der Waals surface area (Å²) in [5.41, 5.74) is 1.53. The summed E-state index contributed by atoms with van der Waals surface area (Å²) in [5.74, 6) is 0. The third-order valence-electron chi connectivity index (χ3n) is 3.07. The van der Waals surface area contributed by atoms with Crippen molar-refractivity contribution in [3.63, 3.8) is 0 Å². The number of rotatable bonds is 6. The summed E-state index contributed by atoms with van der Waals surface area (Å²) in [5, 5.41) is 4.55. The minimum atomic E-state index is 0.278. The molecular formula is C14H21Cl2N. The standard InChI is InChI=1S/C14H21Cl2N/c1-4-7-14(2,10-17-3)9-11-5-6-12(15)13(16)8-11/h5-6,8,17H,4,7,9-10H2,1-3H3. The maximum Gasteiger partial charge on any atom is 0.0595 e. The smallest absolute Gasteiger partial charge is 0.0595 e. The highest BCUT2D eigenvalue weighted by molar-refractivity contribution is 6.42. The van der Waals surface area contributed by atoms with Crippen molar-refractivity contribution in [2.75, 3.05) is 13.6 Å². The van der Waals surface area contributed by atoms with Crippen LogP contribution in [0.25, 0.3) is 0 Å². The van der Waals surface area contributed by atoms with Crippen LogP contribution in [0.2, 0.25) is 10.0 Å². The second kappa shape index (κ2) is 6.63. The minimum Gasteiger partial charge on any atom is -0.319 e. The molecule has 0 heterocycles. The Balaban J connectivity index is 2.81. The molecule has 17 heavy (non-hydrogen) atoms. The summed E-state index contributed by atoms with van der Waals surface area (Å²) < 4.78 is 0. The average Bonchev–Trinajstić information content (AvgIpc) is 2.24. The van der Waals surface area contributed by atoms with Crippen LogP contribution in [0.5, 0.6) is 0 Å². The van der Waals surface area contributed by atoms with E-state index in [0.717, 1.165) is 13.0 Å². The monoisotopic (exact) mass is 273 g/mol.